The number of ether oxygens (including phenoxy) is 1. The molecule has 0 heterocycles. The number of amides is 2. The number of benzene rings is 1. The Morgan fingerprint density at radius 1 is 1.24 bits per heavy atom. The number of para-hydroxylation sites is 1. The molecule has 0 aromatic heterocycles. The molecular weight excluding hydrogens is 271 g/mol. The highest BCUT2D eigenvalue weighted by atomic mass is 19.1. The van der Waals surface area contributed by atoms with Crippen LogP contribution in [0.25, 0.3) is 0 Å². The maximum absolute atomic E-state index is 13.3. The minimum absolute atomic E-state index is 0.143. The standard InChI is InChI=1S/C16H21FN2O2/c17-13-3-1-2-4-14(13)21-10-9-18-16(20)19-15(11-5-6-11)12-7-8-12/h1-4,11-12,15H,5-10H2,(H2,18,19,20). The summed E-state index contributed by atoms with van der Waals surface area (Å²) in [7, 11) is 0. The van der Waals surface area contributed by atoms with Crippen LogP contribution in [-0.4, -0.2) is 25.2 Å². The number of hydrogen-bond acceptors (Lipinski definition) is 2. The molecule has 0 spiro atoms. The first-order valence-corrected chi connectivity index (χ1v) is 7.66. The summed E-state index contributed by atoms with van der Waals surface area (Å²) in [5.41, 5.74) is 0. The molecule has 2 saturated carbocycles. The Morgan fingerprint density at radius 3 is 2.52 bits per heavy atom. The highest BCUT2D eigenvalue weighted by Crippen LogP contribution is 2.44. The molecule has 3 rings (SSSR count). The lowest BCUT2D eigenvalue weighted by molar-refractivity contribution is 0.228. The van der Waals surface area contributed by atoms with Gasteiger partial charge >= 0.3 is 6.03 Å². The van der Waals surface area contributed by atoms with Crippen molar-refractivity contribution in [1.82, 2.24) is 10.6 Å². The van der Waals surface area contributed by atoms with Gasteiger partial charge in [-0.3, -0.25) is 0 Å². The zero-order chi connectivity index (χ0) is 14.7. The van der Waals surface area contributed by atoms with Crippen LogP contribution in [0.3, 0.4) is 0 Å². The number of rotatable bonds is 7. The molecule has 2 aliphatic carbocycles. The molecule has 2 fully saturated rings. The van der Waals surface area contributed by atoms with Crippen molar-refractivity contribution in [3.8, 4) is 5.75 Å². The molecule has 0 aliphatic heterocycles. The van der Waals surface area contributed by atoms with Crippen molar-refractivity contribution in [3.63, 3.8) is 0 Å². The van der Waals surface area contributed by atoms with Gasteiger partial charge in [0.15, 0.2) is 11.6 Å². The van der Waals surface area contributed by atoms with Gasteiger partial charge in [-0.05, 0) is 49.7 Å². The Labute approximate surface area is 124 Å². The summed E-state index contributed by atoms with van der Waals surface area (Å²) in [6, 6.07) is 6.46. The number of urea groups is 1. The minimum Gasteiger partial charge on any atom is -0.489 e. The first-order valence-electron chi connectivity index (χ1n) is 7.66. The van der Waals surface area contributed by atoms with E-state index in [1.54, 1.807) is 18.2 Å². The Kier molecular flexibility index (Phi) is 4.27. The van der Waals surface area contributed by atoms with E-state index in [0.29, 0.717) is 24.4 Å². The van der Waals surface area contributed by atoms with Gasteiger partial charge in [-0.1, -0.05) is 12.1 Å². The van der Waals surface area contributed by atoms with Crippen molar-refractivity contribution in [1.29, 1.82) is 0 Å². The van der Waals surface area contributed by atoms with Gasteiger partial charge < -0.3 is 15.4 Å². The molecule has 0 saturated heterocycles. The van der Waals surface area contributed by atoms with Crippen LogP contribution < -0.4 is 15.4 Å². The predicted molar refractivity (Wildman–Crippen MR) is 77.7 cm³/mol. The average molecular weight is 292 g/mol. The first kappa shape index (κ1) is 14.2. The Hall–Kier alpha value is -1.78. The molecule has 2 N–H and O–H groups in total. The third-order valence-electron chi connectivity index (χ3n) is 4.04. The molecule has 0 unspecified atom stereocenters. The number of hydrogen-bond donors (Lipinski definition) is 2. The van der Waals surface area contributed by atoms with E-state index in [0.717, 1.165) is 0 Å². The maximum atomic E-state index is 13.3. The summed E-state index contributed by atoms with van der Waals surface area (Å²) < 4.78 is 18.6. The van der Waals surface area contributed by atoms with Gasteiger partial charge in [0.2, 0.25) is 0 Å². The lowest BCUT2D eigenvalue weighted by Gasteiger charge is -2.18. The van der Waals surface area contributed by atoms with Crippen molar-refractivity contribution in [2.75, 3.05) is 13.2 Å². The van der Waals surface area contributed by atoms with Crippen LogP contribution in [0.1, 0.15) is 25.7 Å². The highest BCUT2D eigenvalue weighted by molar-refractivity contribution is 5.74. The molecule has 1 aromatic carbocycles. The average Bonchev–Trinajstić information content (AvgIpc) is 3.36. The topological polar surface area (TPSA) is 50.4 Å². The van der Waals surface area contributed by atoms with Crippen LogP contribution in [-0.2, 0) is 0 Å². The van der Waals surface area contributed by atoms with Gasteiger partial charge in [-0.2, -0.15) is 0 Å². The molecule has 4 nitrogen and oxygen atoms in total. The van der Waals surface area contributed by atoms with E-state index >= 15 is 0 Å². The van der Waals surface area contributed by atoms with Crippen molar-refractivity contribution < 1.29 is 13.9 Å². The zero-order valence-corrected chi connectivity index (χ0v) is 12.0. The van der Waals surface area contributed by atoms with E-state index in [1.165, 1.54) is 31.7 Å². The van der Waals surface area contributed by atoms with E-state index in [4.69, 9.17) is 4.74 Å². The van der Waals surface area contributed by atoms with Crippen LogP contribution in [0.2, 0.25) is 0 Å². The molecule has 114 valence electrons. The largest absolute Gasteiger partial charge is 0.489 e. The normalized spacial score (nSPS) is 17.6. The second-order valence-electron chi connectivity index (χ2n) is 5.88. The van der Waals surface area contributed by atoms with Gasteiger partial charge in [0.05, 0.1) is 6.54 Å². The molecule has 1 aromatic rings. The summed E-state index contributed by atoms with van der Waals surface area (Å²) in [5, 5.41) is 5.84. The second kappa shape index (κ2) is 6.33. The summed E-state index contributed by atoms with van der Waals surface area (Å²) in [4.78, 5) is 11.8. The molecule has 2 aliphatic rings. The van der Waals surface area contributed by atoms with Crippen LogP contribution in [0.15, 0.2) is 24.3 Å². The first-order chi connectivity index (χ1) is 10.2. The van der Waals surface area contributed by atoms with E-state index in [2.05, 4.69) is 10.6 Å². The fraction of sp³-hybridized carbons (Fsp3) is 0.562. The zero-order valence-electron chi connectivity index (χ0n) is 12.0. The van der Waals surface area contributed by atoms with E-state index in [1.807, 2.05) is 0 Å². The molecular formula is C16H21FN2O2. The SMILES string of the molecule is O=C(NCCOc1ccccc1F)NC(C1CC1)C1CC1. The highest BCUT2D eigenvalue weighted by Gasteiger charge is 2.42. The molecule has 21 heavy (non-hydrogen) atoms. The fourth-order valence-electron chi connectivity index (χ4n) is 2.62. The molecule has 5 heteroatoms. The van der Waals surface area contributed by atoms with E-state index in [9.17, 15) is 9.18 Å². The molecule has 0 atom stereocenters. The maximum Gasteiger partial charge on any atom is 0.315 e. The Bertz CT molecular complexity index is 489. The van der Waals surface area contributed by atoms with E-state index in [-0.39, 0.29) is 24.2 Å². The predicted octanol–water partition coefficient (Wildman–Crippen LogP) is 2.69. The Morgan fingerprint density at radius 2 is 1.90 bits per heavy atom. The smallest absolute Gasteiger partial charge is 0.315 e. The lowest BCUT2D eigenvalue weighted by Crippen LogP contribution is -2.45. The van der Waals surface area contributed by atoms with Gasteiger partial charge in [-0.15, -0.1) is 0 Å². The molecule has 2 amide bonds. The summed E-state index contributed by atoms with van der Waals surface area (Å²) in [5.74, 6) is 1.19. The number of nitrogens with one attached hydrogen (secondary N) is 2. The third-order valence-corrected chi connectivity index (χ3v) is 4.04. The van der Waals surface area contributed by atoms with Gasteiger partial charge in [-0.25, -0.2) is 9.18 Å². The minimum atomic E-state index is -0.385. The van der Waals surface area contributed by atoms with Crippen molar-refractivity contribution in [2.45, 2.75) is 31.7 Å². The number of carbonyl (C=O) groups is 1. The van der Waals surface area contributed by atoms with Crippen LogP contribution in [0.5, 0.6) is 5.75 Å². The van der Waals surface area contributed by atoms with Gasteiger partial charge in [0.25, 0.3) is 0 Å². The van der Waals surface area contributed by atoms with Crippen molar-refractivity contribution in [2.24, 2.45) is 11.8 Å². The Balaban J connectivity index is 1.35. The lowest BCUT2D eigenvalue weighted by atomic mass is 10.1. The van der Waals surface area contributed by atoms with Crippen LogP contribution >= 0.6 is 0 Å². The van der Waals surface area contributed by atoms with Crippen LogP contribution in [0.4, 0.5) is 9.18 Å². The second-order valence-corrected chi connectivity index (χ2v) is 5.88. The molecule has 0 bridgehead atoms. The van der Waals surface area contributed by atoms with Gasteiger partial charge in [0.1, 0.15) is 6.61 Å². The summed E-state index contributed by atoms with van der Waals surface area (Å²) >= 11 is 0. The monoisotopic (exact) mass is 292 g/mol. The quantitative estimate of drug-likeness (QED) is 0.759. The van der Waals surface area contributed by atoms with Crippen LogP contribution in [0, 0.1) is 17.7 Å². The van der Waals surface area contributed by atoms with Gasteiger partial charge in [0, 0.05) is 6.04 Å². The number of halogens is 1. The molecule has 0 radical (unpaired) electrons. The number of carbonyl (C=O) groups excluding carboxylic acids is 1. The van der Waals surface area contributed by atoms with Crippen molar-refractivity contribution >= 4 is 6.03 Å². The third kappa shape index (κ3) is 4.09. The van der Waals surface area contributed by atoms with E-state index < -0.39 is 0 Å². The van der Waals surface area contributed by atoms with Crippen molar-refractivity contribution in [3.05, 3.63) is 30.1 Å². The fourth-order valence-corrected chi connectivity index (χ4v) is 2.62. The summed E-state index contributed by atoms with van der Waals surface area (Å²) in [6.07, 6.45) is 4.94. The summed E-state index contributed by atoms with van der Waals surface area (Å²) in [6.45, 7) is 0.619.